The van der Waals surface area contributed by atoms with Gasteiger partial charge >= 0.3 is 0 Å². The molecule has 2 aromatic carbocycles. The largest absolute Gasteiger partial charge is 0.497 e. The molecule has 0 unspecified atom stereocenters. The van der Waals surface area contributed by atoms with E-state index in [-0.39, 0.29) is 5.95 Å². The summed E-state index contributed by atoms with van der Waals surface area (Å²) in [5.41, 5.74) is 8.06. The molecule has 0 atom stereocenters. The summed E-state index contributed by atoms with van der Waals surface area (Å²) in [5.74, 6) is 2.30. The number of benzene rings is 2. The molecule has 3 aromatic rings. The first-order valence-corrected chi connectivity index (χ1v) is 8.75. The van der Waals surface area contributed by atoms with Gasteiger partial charge in [0.15, 0.2) is 5.82 Å². The van der Waals surface area contributed by atoms with Crippen LogP contribution in [0.5, 0.6) is 11.5 Å². The molecule has 0 bridgehead atoms. The quantitative estimate of drug-likeness (QED) is 0.449. The summed E-state index contributed by atoms with van der Waals surface area (Å²) >= 11 is 0. The Morgan fingerprint density at radius 3 is 1.79 bits per heavy atom. The fourth-order valence-electron chi connectivity index (χ4n) is 2.24. The molecule has 0 saturated carbocycles. The fraction of sp³-hybridized carbons (Fsp3) is 0.150. The molecule has 0 saturated heterocycles. The minimum Gasteiger partial charge on any atom is -0.497 e. The van der Waals surface area contributed by atoms with Gasteiger partial charge in [0.2, 0.25) is 0 Å². The number of hydrazone groups is 2. The molecule has 9 nitrogen and oxygen atoms in total. The van der Waals surface area contributed by atoms with Crippen molar-refractivity contribution in [2.75, 3.05) is 25.1 Å². The van der Waals surface area contributed by atoms with E-state index in [0.717, 1.165) is 22.6 Å². The Balaban J connectivity index is 1.60. The Bertz CT molecular complexity index is 987. The number of methoxy groups -OCH3 is 2. The van der Waals surface area contributed by atoms with E-state index in [1.54, 1.807) is 33.6 Å². The van der Waals surface area contributed by atoms with Gasteiger partial charge in [-0.2, -0.15) is 15.2 Å². The highest BCUT2D eigenvalue weighted by Crippen LogP contribution is 2.12. The molecule has 3 rings (SSSR count). The van der Waals surface area contributed by atoms with Crippen LogP contribution in [0.2, 0.25) is 0 Å². The smallest absolute Gasteiger partial charge is 0.265 e. The summed E-state index contributed by atoms with van der Waals surface area (Å²) in [6, 6.07) is 15.0. The number of hydrogen-bond donors (Lipinski definition) is 2. The fourth-order valence-corrected chi connectivity index (χ4v) is 2.24. The minimum absolute atomic E-state index is 0.252. The van der Waals surface area contributed by atoms with Crippen LogP contribution in [0, 0.1) is 6.92 Å². The number of aromatic nitrogens is 3. The molecule has 0 aliphatic carbocycles. The molecule has 29 heavy (non-hydrogen) atoms. The predicted octanol–water partition coefficient (Wildman–Crippen LogP) is 3.09. The third-order valence-electron chi connectivity index (χ3n) is 3.85. The molecule has 0 aliphatic heterocycles. The van der Waals surface area contributed by atoms with Crippen molar-refractivity contribution >= 4 is 24.2 Å². The van der Waals surface area contributed by atoms with Crippen molar-refractivity contribution in [1.29, 1.82) is 0 Å². The van der Waals surface area contributed by atoms with Crippen LogP contribution >= 0.6 is 0 Å². The van der Waals surface area contributed by atoms with Crippen LogP contribution in [0.4, 0.5) is 11.8 Å². The van der Waals surface area contributed by atoms with Gasteiger partial charge in [-0.1, -0.05) is 0 Å². The molecule has 0 spiro atoms. The van der Waals surface area contributed by atoms with E-state index in [9.17, 15) is 0 Å². The van der Waals surface area contributed by atoms with Gasteiger partial charge in [0.25, 0.3) is 5.95 Å². The maximum absolute atomic E-state index is 5.13. The lowest BCUT2D eigenvalue weighted by Crippen LogP contribution is -2.05. The normalized spacial score (nSPS) is 11.0. The molecule has 1 aromatic heterocycles. The summed E-state index contributed by atoms with van der Waals surface area (Å²) in [7, 11) is 3.25. The van der Waals surface area contributed by atoms with Crippen molar-refractivity contribution in [2.24, 2.45) is 10.2 Å². The Morgan fingerprint density at radius 2 is 1.28 bits per heavy atom. The van der Waals surface area contributed by atoms with Gasteiger partial charge in [-0.15, -0.1) is 10.2 Å². The molecule has 2 N–H and O–H groups in total. The Morgan fingerprint density at radius 1 is 0.759 bits per heavy atom. The lowest BCUT2D eigenvalue weighted by molar-refractivity contribution is 0.414. The zero-order valence-electron chi connectivity index (χ0n) is 16.3. The Hall–Kier alpha value is -4.01. The van der Waals surface area contributed by atoms with Crippen molar-refractivity contribution in [3.8, 4) is 11.5 Å². The molecule has 0 aliphatic rings. The van der Waals surface area contributed by atoms with Crippen molar-refractivity contribution in [2.45, 2.75) is 6.92 Å². The maximum Gasteiger partial charge on any atom is 0.265 e. The van der Waals surface area contributed by atoms with Gasteiger partial charge in [0, 0.05) is 0 Å². The van der Waals surface area contributed by atoms with Gasteiger partial charge in [-0.25, -0.2) is 5.43 Å². The van der Waals surface area contributed by atoms with Crippen LogP contribution in [-0.4, -0.2) is 41.8 Å². The van der Waals surface area contributed by atoms with E-state index < -0.39 is 0 Å². The van der Waals surface area contributed by atoms with Crippen LogP contribution in [0.15, 0.2) is 58.7 Å². The lowest BCUT2D eigenvalue weighted by atomic mass is 10.2. The predicted molar refractivity (Wildman–Crippen MR) is 113 cm³/mol. The highest BCUT2D eigenvalue weighted by atomic mass is 16.5. The highest BCUT2D eigenvalue weighted by molar-refractivity contribution is 5.81. The number of nitrogens with one attached hydrogen (secondary N) is 2. The Kier molecular flexibility index (Phi) is 6.66. The average Bonchev–Trinajstić information content (AvgIpc) is 2.76. The number of aryl methyl sites for hydroxylation is 1. The van der Waals surface area contributed by atoms with E-state index in [4.69, 9.17) is 9.47 Å². The van der Waals surface area contributed by atoms with E-state index >= 15 is 0 Å². The monoisotopic (exact) mass is 391 g/mol. The zero-order chi connectivity index (χ0) is 20.5. The second kappa shape index (κ2) is 9.79. The van der Waals surface area contributed by atoms with Crippen molar-refractivity contribution in [3.63, 3.8) is 0 Å². The number of anilines is 2. The lowest BCUT2D eigenvalue weighted by Gasteiger charge is -2.04. The van der Waals surface area contributed by atoms with Crippen molar-refractivity contribution in [1.82, 2.24) is 15.2 Å². The van der Waals surface area contributed by atoms with Crippen molar-refractivity contribution < 1.29 is 9.47 Å². The number of rotatable bonds is 8. The Labute approximate surface area is 168 Å². The average molecular weight is 391 g/mol. The first-order chi connectivity index (χ1) is 14.2. The third-order valence-corrected chi connectivity index (χ3v) is 3.85. The van der Waals surface area contributed by atoms with E-state index in [0.29, 0.717) is 11.5 Å². The van der Waals surface area contributed by atoms with E-state index in [2.05, 4.69) is 36.2 Å². The molecule has 0 radical (unpaired) electrons. The third kappa shape index (κ3) is 5.73. The van der Waals surface area contributed by atoms with Gasteiger partial charge in [0.1, 0.15) is 17.2 Å². The highest BCUT2D eigenvalue weighted by Gasteiger charge is 2.04. The first kappa shape index (κ1) is 19.7. The number of nitrogens with zero attached hydrogens (tertiary/aromatic N) is 5. The minimum atomic E-state index is 0.252. The molecule has 0 amide bonds. The molecule has 0 fully saturated rings. The standard InChI is InChI=1S/C20H21N7O2/c1-14-19(25-21-12-15-4-8-17(28-2)9-5-15)23-20(27-24-14)26-22-13-16-6-10-18(29-3)11-7-16/h4-13H,1-3H3,(H2,23,25,26,27)/b21-12-,22-13-. The molecule has 1 heterocycles. The van der Waals surface area contributed by atoms with Gasteiger partial charge in [-0.3, -0.25) is 5.43 Å². The summed E-state index contributed by atoms with van der Waals surface area (Å²) < 4.78 is 10.3. The molecule has 148 valence electrons. The van der Waals surface area contributed by atoms with Crippen LogP contribution in [0.25, 0.3) is 0 Å². The van der Waals surface area contributed by atoms with Crippen LogP contribution in [0.3, 0.4) is 0 Å². The first-order valence-electron chi connectivity index (χ1n) is 8.75. The summed E-state index contributed by atoms with van der Waals surface area (Å²) in [5, 5.41) is 16.3. The zero-order valence-corrected chi connectivity index (χ0v) is 16.3. The van der Waals surface area contributed by atoms with Crippen LogP contribution < -0.4 is 20.3 Å². The number of ether oxygens (including phenoxy) is 2. The summed E-state index contributed by atoms with van der Waals surface area (Å²) in [4.78, 5) is 4.33. The van der Waals surface area contributed by atoms with Crippen molar-refractivity contribution in [3.05, 3.63) is 65.4 Å². The summed E-state index contributed by atoms with van der Waals surface area (Å²) in [6.07, 6.45) is 3.33. The second-order valence-electron chi connectivity index (χ2n) is 5.86. The second-order valence-corrected chi connectivity index (χ2v) is 5.86. The SMILES string of the molecule is COc1ccc(/C=N\Nc2nnc(C)c(N/N=C\c3ccc(OC)cc3)n2)cc1. The van der Waals surface area contributed by atoms with E-state index in [1.807, 2.05) is 48.5 Å². The molecular formula is C20H21N7O2. The van der Waals surface area contributed by atoms with E-state index in [1.165, 1.54) is 0 Å². The van der Waals surface area contributed by atoms with Gasteiger partial charge in [0.05, 0.1) is 26.6 Å². The van der Waals surface area contributed by atoms with Crippen LogP contribution in [-0.2, 0) is 0 Å². The molecule has 9 heteroatoms. The van der Waals surface area contributed by atoms with Gasteiger partial charge in [-0.05, 0) is 66.6 Å². The van der Waals surface area contributed by atoms with Gasteiger partial charge < -0.3 is 9.47 Å². The number of hydrogen-bond acceptors (Lipinski definition) is 9. The topological polar surface area (TPSA) is 106 Å². The molecular weight excluding hydrogens is 370 g/mol. The summed E-state index contributed by atoms with van der Waals surface area (Å²) in [6.45, 7) is 1.79. The van der Waals surface area contributed by atoms with Crippen LogP contribution in [0.1, 0.15) is 16.8 Å². The maximum atomic E-state index is 5.13.